The lowest BCUT2D eigenvalue weighted by molar-refractivity contribution is -0.141. The van der Waals surface area contributed by atoms with Gasteiger partial charge in [0, 0.05) is 24.7 Å². The third-order valence-corrected chi connectivity index (χ3v) is 3.76. The predicted octanol–water partition coefficient (Wildman–Crippen LogP) is 4.50. The summed E-state index contributed by atoms with van der Waals surface area (Å²) in [5.41, 5.74) is 0.159. The molecule has 0 unspecified atom stereocenters. The van der Waals surface area contributed by atoms with E-state index in [9.17, 15) is 17.6 Å². The van der Waals surface area contributed by atoms with Crippen LogP contribution in [0.1, 0.15) is 30.4 Å². The van der Waals surface area contributed by atoms with Crippen molar-refractivity contribution in [1.82, 2.24) is 19.7 Å². The quantitative estimate of drug-likeness (QED) is 0.626. The minimum absolute atomic E-state index is 0.194. The highest BCUT2D eigenvalue weighted by atomic mass is 19.4. The van der Waals surface area contributed by atoms with Gasteiger partial charge >= 0.3 is 6.18 Å². The Morgan fingerprint density at radius 1 is 1.08 bits per heavy atom. The number of halogens is 4. The summed E-state index contributed by atoms with van der Waals surface area (Å²) in [6.45, 7) is 2.55. The lowest BCUT2D eigenvalue weighted by atomic mass is 10.1. The van der Waals surface area contributed by atoms with Crippen molar-refractivity contribution in [2.24, 2.45) is 0 Å². The molecular formula is C18H16F4N4. The number of nitrogens with zero attached hydrogens (tertiary/aromatic N) is 4. The van der Waals surface area contributed by atoms with Gasteiger partial charge < -0.3 is 0 Å². The summed E-state index contributed by atoms with van der Waals surface area (Å²) in [4.78, 5) is 7.81. The molecular weight excluding hydrogens is 348 g/mol. The van der Waals surface area contributed by atoms with Crippen molar-refractivity contribution < 1.29 is 17.6 Å². The monoisotopic (exact) mass is 364 g/mol. The van der Waals surface area contributed by atoms with Gasteiger partial charge in [0.1, 0.15) is 17.3 Å². The summed E-state index contributed by atoms with van der Waals surface area (Å²) in [5, 5.41) is 4.41. The van der Waals surface area contributed by atoms with Crippen molar-refractivity contribution in [1.29, 1.82) is 0 Å². The fourth-order valence-corrected chi connectivity index (χ4v) is 2.54. The predicted molar refractivity (Wildman–Crippen MR) is 87.8 cm³/mol. The average Bonchev–Trinajstić information content (AvgIpc) is 2.98. The fourth-order valence-electron chi connectivity index (χ4n) is 2.54. The first kappa shape index (κ1) is 18.0. The van der Waals surface area contributed by atoms with Crippen LogP contribution >= 0.6 is 0 Å². The zero-order valence-electron chi connectivity index (χ0n) is 14.0. The van der Waals surface area contributed by atoms with Gasteiger partial charge in [-0.1, -0.05) is 6.92 Å². The number of alkyl halides is 3. The molecule has 26 heavy (non-hydrogen) atoms. The summed E-state index contributed by atoms with van der Waals surface area (Å²) in [6.07, 6.45) is -2.37. The van der Waals surface area contributed by atoms with E-state index >= 15 is 0 Å². The maximum absolute atomic E-state index is 13.1. The molecule has 0 bridgehead atoms. The van der Waals surface area contributed by atoms with Crippen LogP contribution in [0.3, 0.4) is 0 Å². The van der Waals surface area contributed by atoms with Gasteiger partial charge in [-0.05, 0) is 48.4 Å². The Hall–Kier alpha value is -2.77. The molecule has 0 aliphatic rings. The van der Waals surface area contributed by atoms with Gasteiger partial charge in [0.15, 0.2) is 5.82 Å². The van der Waals surface area contributed by atoms with Gasteiger partial charge in [0.05, 0.1) is 0 Å². The maximum atomic E-state index is 13.1. The standard InChI is InChI=1S/C18H16F4N4/c1-2-9-26-16(11-12-7-8-23-15(10-12)18(20,21)22)24-17(25-26)13-3-5-14(19)6-4-13/h3-8,10H,2,9,11H2,1H3. The number of rotatable bonds is 5. The first-order valence-corrected chi connectivity index (χ1v) is 8.08. The molecule has 0 atom stereocenters. The van der Waals surface area contributed by atoms with Crippen LogP contribution in [0.5, 0.6) is 0 Å². The topological polar surface area (TPSA) is 43.6 Å². The molecule has 0 aliphatic heterocycles. The minimum atomic E-state index is -4.49. The van der Waals surface area contributed by atoms with Crippen molar-refractivity contribution >= 4 is 0 Å². The fraction of sp³-hybridized carbons (Fsp3) is 0.278. The van der Waals surface area contributed by atoms with E-state index in [1.165, 1.54) is 18.2 Å². The molecule has 0 aliphatic carbocycles. The second-order valence-electron chi connectivity index (χ2n) is 5.81. The Kier molecular flexibility index (Phi) is 5.01. The Balaban J connectivity index is 1.93. The SMILES string of the molecule is CCCn1nc(-c2ccc(F)cc2)nc1Cc1ccnc(C(F)(F)F)c1. The zero-order chi connectivity index (χ0) is 18.7. The molecule has 0 amide bonds. The number of hydrogen-bond donors (Lipinski definition) is 0. The second kappa shape index (κ2) is 7.23. The molecule has 1 aromatic carbocycles. The van der Waals surface area contributed by atoms with Crippen LogP contribution in [0.15, 0.2) is 42.6 Å². The minimum Gasteiger partial charge on any atom is -0.252 e. The van der Waals surface area contributed by atoms with Gasteiger partial charge in [-0.3, -0.25) is 4.98 Å². The van der Waals surface area contributed by atoms with Crippen molar-refractivity contribution in [3.63, 3.8) is 0 Å². The summed E-state index contributed by atoms with van der Waals surface area (Å²) in [5.74, 6) is 0.600. The molecule has 3 rings (SSSR count). The van der Waals surface area contributed by atoms with Crippen molar-refractivity contribution in [2.75, 3.05) is 0 Å². The molecule has 8 heteroatoms. The molecule has 0 saturated carbocycles. The highest BCUT2D eigenvalue weighted by molar-refractivity contribution is 5.54. The van der Waals surface area contributed by atoms with Crippen LogP contribution in [0.2, 0.25) is 0 Å². The Morgan fingerprint density at radius 2 is 1.81 bits per heavy atom. The number of aromatic nitrogens is 4. The van der Waals surface area contributed by atoms with Gasteiger partial charge in [-0.15, -0.1) is 0 Å². The van der Waals surface area contributed by atoms with E-state index in [4.69, 9.17) is 0 Å². The molecule has 0 fully saturated rings. The van der Waals surface area contributed by atoms with Gasteiger partial charge in [0.25, 0.3) is 0 Å². The van der Waals surface area contributed by atoms with Crippen LogP contribution in [0, 0.1) is 5.82 Å². The van der Waals surface area contributed by atoms with Crippen LogP contribution in [0.25, 0.3) is 11.4 Å². The van der Waals surface area contributed by atoms with Crippen LogP contribution in [0.4, 0.5) is 17.6 Å². The van der Waals surface area contributed by atoms with Gasteiger partial charge in [-0.25, -0.2) is 14.1 Å². The second-order valence-corrected chi connectivity index (χ2v) is 5.81. The molecule has 3 aromatic rings. The van der Waals surface area contributed by atoms with Crippen molar-refractivity contribution in [3.8, 4) is 11.4 Å². The molecule has 0 N–H and O–H groups in total. The molecule has 136 valence electrons. The summed E-state index contributed by atoms with van der Waals surface area (Å²) >= 11 is 0. The molecule has 0 spiro atoms. The van der Waals surface area contributed by atoms with E-state index in [0.29, 0.717) is 29.3 Å². The Bertz CT molecular complexity index is 885. The Labute approximate surface area is 147 Å². The van der Waals surface area contributed by atoms with Crippen molar-refractivity contribution in [2.45, 2.75) is 32.5 Å². The van der Waals surface area contributed by atoms with Crippen LogP contribution in [-0.2, 0) is 19.1 Å². The van der Waals surface area contributed by atoms with E-state index in [2.05, 4.69) is 15.1 Å². The van der Waals surface area contributed by atoms with E-state index in [1.54, 1.807) is 16.8 Å². The average molecular weight is 364 g/mol. The largest absolute Gasteiger partial charge is 0.433 e. The molecule has 2 heterocycles. The van der Waals surface area contributed by atoms with Crippen LogP contribution in [-0.4, -0.2) is 19.7 Å². The van der Waals surface area contributed by atoms with Gasteiger partial charge in [-0.2, -0.15) is 18.3 Å². The molecule has 2 aromatic heterocycles. The maximum Gasteiger partial charge on any atom is 0.433 e. The summed E-state index contributed by atoms with van der Waals surface area (Å²) in [6, 6.07) is 8.31. The first-order chi connectivity index (χ1) is 12.4. The summed E-state index contributed by atoms with van der Waals surface area (Å²) in [7, 11) is 0. The molecule has 0 saturated heterocycles. The highest BCUT2D eigenvalue weighted by Gasteiger charge is 2.32. The van der Waals surface area contributed by atoms with E-state index in [-0.39, 0.29) is 12.2 Å². The molecule has 4 nitrogen and oxygen atoms in total. The zero-order valence-corrected chi connectivity index (χ0v) is 14.0. The summed E-state index contributed by atoms with van der Waals surface area (Å²) < 4.78 is 53.3. The third-order valence-electron chi connectivity index (χ3n) is 3.76. The van der Waals surface area contributed by atoms with E-state index in [0.717, 1.165) is 18.7 Å². The lowest BCUT2D eigenvalue weighted by Crippen LogP contribution is -2.10. The normalized spacial score (nSPS) is 11.7. The highest BCUT2D eigenvalue weighted by Crippen LogP contribution is 2.28. The lowest BCUT2D eigenvalue weighted by Gasteiger charge is -2.08. The van der Waals surface area contributed by atoms with Gasteiger partial charge in [0.2, 0.25) is 0 Å². The molecule has 0 radical (unpaired) electrons. The van der Waals surface area contributed by atoms with E-state index in [1.807, 2.05) is 6.92 Å². The van der Waals surface area contributed by atoms with Crippen molar-refractivity contribution in [3.05, 3.63) is 65.5 Å². The first-order valence-electron chi connectivity index (χ1n) is 8.08. The smallest absolute Gasteiger partial charge is 0.252 e. The number of pyridine rings is 1. The number of benzene rings is 1. The Morgan fingerprint density at radius 3 is 2.46 bits per heavy atom. The van der Waals surface area contributed by atoms with E-state index < -0.39 is 11.9 Å². The number of aryl methyl sites for hydroxylation is 1. The third kappa shape index (κ3) is 4.07. The van der Waals surface area contributed by atoms with Crippen LogP contribution < -0.4 is 0 Å². The number of hydrogen-bond acceptors (Lipinski definition) is 3.